The van der Waals surface area contributed by atoms with Crippen LogP contribution in [0.1, 0.15) is 18.4 Å². The van der Waals surface area contributed by atoms with Gasteiger partial charge in [-0.05, 0) is 18.9 Å². The van der Waals surface area contributed by atoms with Crippen molar-refractivity contribution in [2.24, 2.45) is 0 Å². The van der Waals surface area contributed by atoms with E-state index in [9.17, 15) is 4.79 Å². The zero-order valence-electron chi connectivity index (χ0n) is 11.9. The maximum atomic E-state index is 11.7. The van der Waals surface area contributed by atoms with Crippen LogP contribution >= 0.6 is 0 Å². The van der Waals surface area contributed by atoms with Gasteiger partial charge in [0.05, 0.1) is 19.8 Å². The van der Waals surface area contributed by atoms with Crippen LogP contribution in [-0.4, -0.2) is 38.8 Å². The SMILES string of the molecule is COc1ccccc1CNC(=O)CNC[C@H]1CCCO1. The van der Waals surface area contributed by atoms with Gasteiger partial charge >= 0.3 is 0 Å². The minimum atomic E-state index is -0.0195. The molecule has 20 heavy (non-hydrogen) atoms. The Hall–Kier alpha value is -1.59. The average molecular weight is 278 g/mol. The Kier molecular flexibility index (Phi) is 5.83. The summed E-state index contributed by atoms with van der Waals surface area (Å²) in [5.41, 5.74) is 0.975. The summed E-state index contributed by atoms with van der Waals surface area (Å²) in [5, 5.41) is 6.00. The van der Waals surface area contributed by atoms with Gasteiger partial charge in [0.25, 0.3) is 0 Å². The molecule has 0 aliphatic carbocycles. The van der Waals surface area contributed by atoms with Gasteiger partial charge in [-0.2, -0.15) is 0 Å². The Morgan fingerprint density at radius 1 is 1.45 bits per heavy atom. The first kappa shape index (κ1) is 14.8. The van der Waals surface area contributed by atoms with Crippen LogP contribution in [-0.2, 0) is 16.1 Å². The lowest BCUT2D eigenvalue weighted by Gasteiger charge is -2.12. The van der Waals surface area contributed by atoms with E-state index in [0.717, 1.165) is 37.3 Å². The molecule has 1 amide bonds. The second kappa shape index (κ2) is 7.87. The van der Waals surface area contributed by atoms with E-state index in [0.29, 0.717) is 13.1 Å². The number of carbonyl (C=O) groups excluding carboxylic acids is 1. The quantitative estimate of drug-likeness (QED) is 0.783. The first-order valence-electron chi connectivity index (χ1n) is 7.00. The average Bonchev–Trinajstić information content (AvgIpc) is 2.98. The highest BCUT2D eigenvalue weighted by Crippen LogP contribution is 2.16. The third-order valence-electron chi connectivity index (χ3n) is 3.35. The molecule has 0 saturated carbocycles. The van der Waals surface area contributed by atoms with Crippen LogP contribution in [0.3, 0.4) is 0 Å². The van der Waals surface area contributed by atoms with E-state index in [-0.39, 0.29) is 12.0 Å². The molecule has 1 fully saturated rings. The van der Waals surface area contributed by atoms with E-state index < -0.39 is 0 Å². The summed E-state index contributed by atoms with van der Waals surface area (Å²) in [6, 6.07) is 7.67. The topological polar surface area (TPSA) is 59.6 Å². The molecule has 1 aliphatic rings. The Labute approximate surface area is 119 Å². The highest BCUT2D eigenvalue weighted by molar-refractivity contribution is 5.78. The fraction of sp³-hybridized carbons (Fsp3) is 0.533. The monoisotopic (exact) mass is 278 g/mol. The largest absolute Gasteiger partial charge is 0.496 e. The Morgan fingerprint density at radius 2 is 2.30 bits per heavy atom. The third-order valence-corrected chi connectivity index (χ3v) is 3.35. The number of rotatable bonds is 7. The fourth-order valence-corrected chi connectivity index (χ4v) is 2.26. The standard InChI is InChI=1S/C15H22N2O3/c1-19-14-7-3-2-5-12(14)9-17-15(18)11-16-10-13-6-4-8-20-13/h2-3,5,7,13,16H,4,6,8-11H2,1H3,(H,17,18)/t13-/m1/s1. The molecule has 0 bridgehead atoms. The maximum Gasteiger partial charge on any atom is 0.234 e. The molecule has 2 N–H and O–H groups in total. The Balaban J connectivity index is 1.66. The van der Waals surface area contributed by atoms with Gasteiger partial charge in [0.15, 0.2) is 0 Å². The van der Waals surface area contributed by atoms with Gasteiger partial charge in [0.2, 0.25) is 5.91 Å². The summed E-state index contributed by atoms with van der Waals surface area (Å²) in [4.78, 5) is 11.7. The summed E-state index contributed by atoms with van der Waals surface area (Å²) in [7, 11) is 1.63. The summed E-state index contributed by atoms with van der Waals surface area (Å²) in [5.74, 6) is 0.772. The molecule has 1 heterocycles. The first-order chi connectivity index (χ1) is 9.79. The number of nitrogens with one attached hydrogen (secondary N) is 2. The number of carbonyl (C=O) groups is 1. The van der Waals surface area contributed by atoms with E-state index in [1.807, 2.05) is 24.3 Å². The zero-order chi connectivity index (χ0) is 14.2. The Bertz CT molecular complexity index is 431. The van der Waals surface area contributed by atoms with Crippen molar-refractivity contribution in [3.8, 4) is 5.75 Å². The van der Waals surface area contributed by atoms with E-state index >= 15 is 0 Å². The van der Waals surface area contributed by atoms with Gasteiger partial charge < -0.3 is 20.1 Å². The highest BCUT2D eigenvalue weighted by Gasteiger charge is 2.15. The molecule has 1 atom stereocenters. The highest BCUT2D eigenvalue weighted by atomic mass is 16.5. The van der Waals surface area contributed by atoms with Gasteiger partial charge in [-0.1, -0.05) is 18.2 Å². The van der Waals surface area contributed by atoms with E-state index in [1.54, 1.807) is 7.11 Å². The van der Waals surface area contributed by atoms with Crippen molar-refractivity contribution in [1.82, 2.24) is 10.6 Å². The van der Waals surface area contributed by atoms with Crippen LogP contribution < -0.4 is 15.4 Å². The molecule has 1 aromatic carbocycles. The maximum absolute atomic E-state index is 11.7. The van der Waals surface area contributed by atoms with Gasteiger partial charge in [-0.25, -0.2) is 0 Å². The van der Waals surface area contributed by atoms with Gasteiger partial charge in [-0.3, -0.25) is 4.79 Å². The second-order valence-corrected chi connectivity index (χ2v) is 4.85. The van der Waals surface area contributed by atoms with Crippen LogP contribution in [0.4, 0.5) is 0 Å². The smallest absolute Gasteiger partial charge is 0.234 e. The fourth-order valence-electron chi connectivity index (χ4n) is 2.26. The van der Waals surface area contributed by atoms with Crippen molar-refractivity contribution in [3.05, 3.63) is 29.8 Å². The van der Waals surface area contributed by atoms with Crippen molar-refractivity contribution in [2.45, 2.75) is 25.5 Å². The number of benzene rings is 1. The minimum Gasteiger partial charge on any atom is -0.496 e. The normalized spacial score (nSPS) is 17.9. The molecule has 0 radical (unpaired) electrons. The molecule has 5 nitrogen and oxygen atoms in total. The van der Waals surface area contributed by atoms with Gasteiger partial charge in [-0.15, -0.1) is 0 Å². The van der Waals surface area contributed by atoms with Crippen molar-refractivity contribution in [3.63, 3.8) is 0 Å². The lowest BCUT2D eigenvalue weighted by Crippen LogP contribution is -2.36. The number of para-hydroxylation sites is 1. The van der Waals surface area contributed by atoms with Crippen molar-refractivity contribution < 1.29 is 14.3 Å². The molecule has 1 aromatic rings. The lowest BCUT2D eigenvalue weighted by atomic mass is 10.2. The molecule has 5 heteroatoms. The molecule has 0 unspecified atom stereocenters. The molecule has 0 aromatic heterocycles. The van der Waals surface area contributed by atoms with Crippen LogP contribution in [0, 0.1) is 0 Å². The molecule has 2 rings (SSSR count). The van der Waals surface area contributed by atoms with Gasteiger partial charge in [0.1, 0.15) is 5.75 Å². The molecule has 1 aliphatic heterocycles. The van der Waals surface area contributed by atoms with Crippen molar-refractivity contribution in [2.75, 3.05) is 26.8 Å². The molecular weight excluding hydrogens is 256 g/mol. The minimum absolute atomic E-state index is 0.0195. The molecule has 1 saturated heterocycles. The van der Waals surface area contributed by atoms with Gasteiger partial charge in [0, 0.05) is 25.3 Å². The van der Waals surface area contributed by atoms with Crippen molar-refractivity contribution in [1.29, 1.82) is 0 Å². The van der Waals surface area contributed by atoms with Crippen LogP contribution in [0.25, 0.3) is 0 Å². The number of ether oxygens (including phenoxy) is 2. The predicted molar refractivity (Wildman–Crippen MR) is 76.7 cm³/mol. The van der Waals surface area contributed by atoms with Crippen LogP contribution in [0.2, 0.25) is 0 Å². The predicted octanol–water partition coefficient (Wildman–Crippen LogP) is 1.08. The van der Waals surface area contributed by atoms with Crippen LogP contribution in [0.15, 0.2) is 24.3 Å². The summed E-state index contributed by atoms with van der Waals surface area (Å²) in [6.07, 6.45) is 2.46. The number of amides is 1. The Morgan fingerprint density at radius 3 is 3.05 bits per heavy atom. The molecule has 110 valence electrons. The van der Waals surface area contributed by atoms with Crippen molar-refractivity contribution >= 4 is 5.91 Å². The second-order valence-electron chi connectivity index (χ2n) is 4.85. The molecular formula is C15H22N2O3. The van der Waals surface area contributed by atoms with E-state index in [2.05, 4.69) is 10.6 Å². The zero-order valence-corrected chi connectivity index (χ0v) is 11.9. The number of hydrogen-bond acceptors (Lipinski definition) is 4. The van der Waals surface area contributed by atoms with Crippen LogP contribution in [0.5, 0.6) is 5.75 Å². The van der Waals surface area contributed by atoms with E-state index in [4.69, 9.17) is 9.47 Å². The first-order valence-corrected chi connectivity index (χ1v) is 7.00. The third kappa shape index (κ3) is 4.51. The lowest BCUT2D eigenvalue weighted by molar-refractivity contribution is -0.120. The molecule has 0 spiro atoms. The number of hydrogen-bond donors (Lipinski definition) is 2. The summed E-state index contributed by atoms with van der Waals surface area (Å²) >= 11 is 0. The summed E-state index contributed by atoms with van der Waals surface area (Å²) < 4.78 is 10.7. The number of methoxy groups -OCH3 is 1. The summed E-state index contributed by atoms with van der Waals surface area (Å²) in [6.45, 7) is 2.37. The van der Waals surface area contributed by atoms with E-state index in [1.165, 1.54) is 0 Å².